The Balaban J connectivity index is 2.57. The quantitative estimate of drug-likeness (QED) is 0.748. The maximum Gasteiger partial charge on any atom is 0.223 e. The van der Waals surface area contributed by atoms with Crippen LogP contribution in [0, 0.1) is 5.92 Å². The van der Waals surface area contributed by atoms with E-state index in [-0.39, 0.29) is 11.8 Å². The van der Waals surface area contributed by atoms with Crippen molar-refractivity contribution in [1.82, 2.24) is 5.32 Å². The largest absolute Gasteiger partial charge is 0.390 e. The summed E-state index contributed by atoms with van der Waals surface area (Å²) < 4.78 is 0. The second-order valence-electron chi connectivity index (χ2n) is 4.62. The third kappa shape index (κ3) is 3.49. The molecule has 3 nitrogen and oxygen atoms in total. The van der Waals surface area contributed by atoms with E-state index in [1.54, 1.807) is 0 Å². The lowest BCUT2D eigenvalue weighted by atomic mass is 9.84. The van der Waals surface area contributed by atoms with Crippen LogP contribution in [0.4, 0.5) is 0 Å². The van der Waals surface area contributed by atoms with Gasteiger partial charge in [0.25, 0.3) is 0 Å². The molecule has 0 spiro atoms. The van der Waals surface area contributed by atoms with Crippen LogP contribution in [0.5, 0.6) is 0 Å². The molecule has 1 rings (SSSR count). The fourth-order valence-corrected chi connectivity index (χ4v) is 2.19. The van der Waals surface area contributed by atoms with E-state index in [0.717, 1.165) is 38.6 Å². The molecule has 0 radical (unpaired) electrons. The van der Waals surface area contributed by atoms with Crippen LogP contribution < -0.4 is 5.32 Å². The lowest BCUT2D eigenvalue weighted by Gasteiger charge is -2.28. The second kappa shape index (κ2) is 5.50. The molecular weight excluding hydrogens is 190 g/mol. The van der Waals surface area contributed by atoms with Crippen molar-refractivity contribution in [3.05, 3.63) is 0 Å². The van der Waals surface area contributed by atoms with Crippen LogP contribution in [0.2, 0.25) is 0 Å². The smallest absolute Gasteiger partial charge is 0.223 e. The van der Waals surface area contributed by atoms with Crippen molar-refractivity contribution in [2.75, 3.05) is 6.54 Å². The molecule has 1 atom stereocenters. The van der Waals surface area contributed by atoms with Crippen molar-refractivity contribution in [3.63, 3.8) is 0 Å². The zero-order valence-electron chi connectivity index (χ0n) is 9.88. The zero-order valence-corrected chi connectivity index (χ0v) is 9.88. The highest BCUT2D eigenvalue weighted by atomic mass is 16.3. The number of hydrogen-bond acceptors (Lipinski definition) is 2. The molecule has 1 aliphatic rings. The molecule has 1 amide bonds. The van der Waals surface area contributed by atoms with Crippen LogP contribution in [0.25, 0.3) is 0 Å². The van der Waals surface area contributed by atoms with Gasteiger partial charge in [-0.15, -0.1) is 0 Å². The van der Waals surface area contributed by atoms with Gasteiger partial charge >= 0.3 is 0 Å². The first-order valence-electron chi connectivity index (χ1n) is 6.11. The summed E-state index contributed by atoms with van der Waals surface area (Å²) in [5, 5.41) is 13.1. The highest BCUT2D eigenvalue weighted by molar-refractivity contribution is 5.78. The highest BCUT2D eigenvalue weighted by Crippen LogP contribution is 2.28. The van der Waals surface area contributed by atoms with Gasteiger partial charge in [-0.05, 0) is 32.1 Å². The Hall–Kier alpha value is -0.570. The molecule has 0 aromatic carbocycles. The van der Waals surface area contributed by atoms with Gasteiger partial charge in [0, 0.05) is 12.5 Å². The molecule has 0 aliphatic carbocycles. The number of hydrogen-bond donors (Lipinski definition) is 2. The second-order valence-corrected chi connectivity index (χ2v) is 4.62. The van der Waals surface area contributed by atoms with Gasteiger partial charge in [-0.1, -0.05) is 20.3 Å². The van der Waals surface area contributed by atoms with E-state index in [0.29, 0.717) is 6.42 Å². The summed E-state index contributed by atoms with van der Waals surface area (Å²) >= 11 is 0. The lowest BCUT2D eigenvalue weighted by Crippen LogP contribution is -2.36. The van der Waals surface area contributed by atoms with Gasteiger partial charge in [-0.3, -0.25) is 4.79 Å². The topological polar surface area (TPSA) is 49.3 Å². The first kappa shape index (κ1) is 12.5. The molecule has 0 aromatic heterocycles. The third-order valence-corrected chi connectivity index (χ3v) is 3.59. The fraction of sp³-hybridized carbons (Fsp3) is 0.917. The summed E-state index contributed by atoms with van der Waals surface area (Å²) in [6, 6.07) is 0. The van der Waals surface area contributed by atoms with E-state index in [9.17, 15) is 9.90 Å². The van der Waals surface area contributed by atoms with E-state index in [1.165, 1.54) is 0 Å². The Kier molecular flexibility index (Phi) is 4.58. The molecule has 2 N–H and O–H groups in total. The predicted octanol–water partition coefficient (Wildman–Crippen LogP) is 1.84. The van der Waals surface area contributed by atoms with Crippen LogP contribution in [0.1, 0.15) is 52.4 Å². The van der Waals surface area contributed by atoms with Crippen molar-refractivity contribution in [2.45, 2.75) is 58.0 Å². The molecule has 15 heavy (non-hydrogen) atoms. The molecule has 0 bridgehead atoms. The molecule has 88 valence electrons. The fourth-order valence-electron chi connectivity index (χ4n) is 2.19. The Morgan fingerprint density at radius 1 is 1.40 bits per heavy atom. The lowest BCUT2D eigenvalue weighted by molar-refractivity contribution is -0.127. The summed E-state index contributed by atoms with van der Waals surface area (Å²) in [7, 11) is 0. The van der Waals surface area contributed by atoms with E-state index in [1.807, 2.05) is 13.8 Å². The molecule has 1 heterocycles. The van der Waals surface area contributed by atoms with Gasteiger partial charge in [0.2, 0.25) is 5.91 Å². The molecule has 1 aliphatic heterocycles. The Morgan fingerprint density at radius 3 is 2.67 bits per heavy atom. The predicted molar refractivity (Wildman–Crippen MR) is 60.5 cm³/mol. The van der Waals surface area contributed by atoms with Crippen LogP contribution in [0.3, 0.4) is 0 Å². The average molecular weight is 213 g/mol. The van der Waals surface area contributed by atoms with Gasteiger partial charge < -0.3 is 10.4 Å². The van der Waals surface area contributed by atoms with Gasteiger partial charge in [-0.25, -0.2) is 0 Å². The molecule has 1 unspecified atom stereocenters. The molecule has 0 saturated carbocycles. The SMILES string of the molecule is CCC(O)(CC)CC1CCCCNC1=O. The van der Waals surface area contributed by atoms with Crippen molar-refractivity contribution >= 4 is 5.91 Å². The maximum atomic E-state index is 11.7. The van der Waals surface area contributed by atoms with Crippen molar-refractivity contribution in [3.8, 4) is 0 Å². The van der Waals surface area contributed by atoms with E-state index >= 15 is 0 Å². The van der Waals surface area contributed by atoms with E-state index < -0.39 is 5.60 Å². The number of amides is 1. The van der Waals surface area contributed by atoms with Gasteiger partial charge in [0.1, 0.15) is 0 Å². The van der Waals surface area contributed by atoms with Crippen LogP contribution in [-0.4, -0.2) is 23.2 Å². The molecule has 1 saturated heterocycles. The number of carbonyl (C=O) groups excluding carboxylic acids is 1. The van der Waals surface area contributed by atoms with Gasteiger partial charge in [0.15, 0.2) is 0 Å². The van der Waals surface area contributed by atoms with Crippen LogP contribution in [-0.2, 0) is 4.79 Å². The number of rotatable bonds is 4. The minimum absolute atomic E-state index is 0.0115. The zero-order chi connectivity index (χ0) is 11.3. The normalized spacial score (nSPS) is 23.4. The first-order chi connectivity index (χ1) is 7.11. The monoisotopic (exact) mass is 213 g/mol. The molecule has 3 heteroatoms. The minimum Gasteiger partial charge on any atom is -0.390 e. The summed E-state index contributed by atoms with van der Waals surface area (Å²) in [5.41, 5.74) is -0.646. The summed E-state index contributed by atoms with van der Waals surface area (Å²) in [4.78, 5) is 11.7. The minimum atomic E-state index is -0.646. The first-order valence-corrected chi connectivity index (χ1v) is 6.11. The van der Waals surface area contributed by atoms with Crippen LogP contribution >= 0.6 is 0 Å². The number of aliphatic hydroxyl groups is 1. The Morgan fingerprint density at radius 2 is 2.07 bits per heavy atom. The van der Waals surface area contributed by atoms with E-state index in [2.05, 4.69) is 5.32 Å². The molecule has 1 fully saturated rings. The summed E-state index contributed by atoms with van der Waals surface area (Å²) in [6.45, 7) is 4.77. The number of nitrogens with one attached hydrogen (secondary N) is 1. The standard InChI is InChI=1S/C12H23NO2/c1-3-12(15,4-2)9-10-7-5-6-8-13-11(10)14/h10,15H,3-9H2,1-2H3,(H,13,14). The van der Waals surface area contributed by atoms with Crippen molar-refractivity contribution < 1.29 is 9.90 Å². The molecular formula is C12H23NO2. The maximum absolute atomic E-state index is 11.7. The van der Waals surface area contributed by atoms with Crippen LogP contribution in [0.15, 0.2) is 0 Å². The molecule has 0 aromatic rings. The Bertz CT molecular complexity index is 212. The van der Waals surface area contributed by atoms with Crippen molar-refractivity contribution in [2.24, 2.45) is 5.92 Å². The summed E-state index contributed by atoms with van der Waals surface area (Å²) in [5.74, 6) is 0.144. The Labute approximate surface area is 92.3 Å². The number of carbonyl (C=O) groups is 1. The van der Waals surface area contributed by atoms with Gasteiger partial charge in [-0.2, -0.15) is 0 Å². The van der Waals surface area contributed by atoms with Crippen molar-refractivity contribution in [1.29, 1.82) is 0 Å². The highest BCUT2D eigenvalue weighted by Gasteiger charge is 2.31. The van der Waals surface area contributed by atoms with E-state index in [4.69, 9.17) is 0 Å². The summed E-state index contributed by atoms with van der Waals surface area (Å²) in [6.07, 6.45) is 5.16. The average Bonchev–Trinajstić information content (AvgIpc) is 2.44. The third-order valence-electron chi connectivity index (χ3n) is 3.59. The van der Waals surface area contributed by atoms with Gasteiger partial charge in [0.05, 0.1) is 5.60 Å².